The van der Waals surface area contributed by atoms with Gasteiger partial charge in [0.05, 0.1) is 6.10 Å². The minimum absolute atomic E-state index is 0. The largest absolute Gasteiger partial charge is 0.492 e. The van der Waals surface area contributed by atoms with Crippen LogP contribution in [0.4, 0.5) is 5.69 Å². The maximum Gasteiger partial charge on any atom is 0.253 e. The Kier molecular flexibility index (Phi) is 10.4. The van der Waals surface area contributed by atoms with Gasteiger partial charge in [0.2, 0.25) is 0 Å². The topological polar surface area (TPSA) is 76.8 Å². The zero-order chi connectivity index (χ0) is 17.6. The zero-order valence-electron chi connectivity index (χ0n) is 15.8. The second-order valence-corrected chi connectivity index (χ2v) is 6.93. The Morgan fingerprint density at radius 3 is 2.67 bits per heavy atom. The van der Waals surface area contributed by atoms with Crippen LogP contribution in [0.3, 0.4) is 0 Å². The van der Waals surface area contributed by atoms with E-state index < -0.39 is 6.10 Å². The number of nitrogens with one attached hydrogen (secondary N) is 1. The molecule has 2 heterocycles. The Morgan fingerprint density at radius 2 is 2.04 bits per heavy atom. The van der Waals surface area contributed by atoms with Crippen LogP contribution in [0.25, 0.3) is 0 Å². The number of carbonyl (C=O) groups is 1. The standard InChI is InChI=1S/C19H29N3O3.2ClH/c1-14-12-15(21-19(23)18-7-5-16(13-20)25-18)4-6-17(14)24-11-10-22-8-2-3-9-22;;/h4,6,12,16,18H,2-3,5,7-11,13,20H2,1H3,(H,21,23);2*1H/t16-,18+;;/m1../s1. The van der Waals surface area contributed by atoms with E-state index in [1.54, 1.807) is 0 Å². The fraction of sp³-hybridized carbons (Fsp3) is 0.632. The SMILES string of the molecule is Cc1cc(NC(=O)[C@@H]2CC[C@H](CN)O2)ccc1OCCN1CCCC1.Cl.Cl. The van der Waals surface area contributed by atoms with Gasteiger partial charge in [-0.15, -0.1) is 24.8 Å². The van der Waals surface area contributed by atoms with Crippen molar-refractivity contribution in [3.8, 4) is 5.75 Å². The summed E-state index contributed by atoms with van der Waals surface area (Å²) in [5, 5.41) is 2.93. The van der Waals surface area contributed by atoms with Crippen molar-refractivity contribution in [2.24, 2.45) is 5.73 Å². The summed E-state index contributed by atoms with van der Waals surface area (Å²) in [6.07, 6.45) is 3.77. The van der Waals surface area contributed by atoms with E-state index in [9.17, 15) is 4.79 Å². The van der Waals surface area contributed by atoms with Crippen LogP contribution in [0, 0.1) is 6.92 Å². The molecule has 3 N–H and O–H groups in total. The van der Waals surface area contributed by atoms with Gasteiger partial charge in [-0.25, -0.2) is 0 Å². The molecule has 2 atom stereocenters. The van der Waals surface area contributed by atoms with Crippen molar-refractivity contribution in [2.45, 2.75) is 44.8 Å². The van der Waals surface area contributed by atoms with Gasteiger partial charge in [-0.2, -0.15) is 0 Å². The molecule has 0 radical (unpaired) electrons. The highest BCUT2D eigenvalue weighted by atomic mass is 35.5. The maximum absolute atomic E-state index is 12.3. The lowest BCUT2D eigenvalue weighted by Gasteiger charge is -2.17. The molecule has 0 unspecified atom stereocenters. The highest BCUT2D eigenvalue weighted by Gasteiger charge is 2.29. The monoisotopic (exact) mass is 419 g/mol. The van der Waals surface area contributed by atoms with Crippen molar-refractivity contribution in [1.29, 1.82) is 0 Å². The van der Waals surface area contributed by atoms with Gasteiger partial charge in [-0.05, 0) is 69.5 Å². The first-order valence-corrected chi connectivity index (χ1v) is 9.28. The van der Waals surface area contributed by atoms with E-state index in [0.29, 0.717) is 13.2 Å². The normalized spacial score (nSPS) is 22.0. The number of hydrogen-bond donors (Lipinski definition) is 2. The lowest BCUT2D eigenvalue weighted by atomic mass is 10.1. The summed E-state index contributed by atoms with van der Waals surface area (Å²) in [6.45, 7) is 6.50. The van der Waals surface area contributed by atoms with Crippen molar-refractivity contribution in [1.82, 2.24) is 4.90 Å². The smallest absolute Gasteiger partial charge is 0.253 e. The summed E-state index contributed by atoms with van der Waals surface area (Å²) < 4.78 is 11.5. The Morgan fingerprint density at radius 1 is 1.30 bits per heavy atom. The molecule has 8 heteroatoms. The first-order chi connectivity index (χ1) is 12.2. The number of amides is 1. The molecular formula is C19H31Cl2N3O3. The summed E-state index contributed by atoms with van der Waals surface area (Å²) in [5.74, 6) is 0.774. The van der Waals surface area contributed by atoms with Gasteiger partial charge >= 0.3 is 0 Å². The van der Waals surface area contributed by atoms with E-state index in [1.165, 1.54) is 25.9 Å². The predicted molar refractivity (Wildman–Crippen MR) is 112 cm³/mol. The summed E-state index contributed by atoms with van der Waals surface area (Å²) in [6, 6.07) is 5.75. The molecule has 27 heavy (non-hydrogen) atoms. The first-order valence-electron chi connectivity index (χ1n) is 9.28. The lowest BCUT2D eigenvalue weighted by molar-refractivity contribution is -0.126. The fourth-order valence-corrected chi connectivity index (χ4v) is 3.47. The van der Waals surface area contributed by atoms with Gasteiger partial charge in [0.25, 0.3) is 5.91 Å². The van der Waals surface area contributed by atoms with E-state index in [2.05, 4.69) is 10.2 Å². The molecule has 0 bridgehead atoms. The van der Waals surface area contributed by atoms with Crippen LogP contribution in [0.5, 0.6) is 5.75 Å². The Balaban J connectivity index is 0.00000182. The molecule has 1 amide bonds. The van der Waals surface area contributed by atoms with Crippen LogP contribution in [0.15, 0.2) is 18.2 Å². The third-order valence-electron chi connectivity index (χ3n) is 4.97. The highest BCUT2D eigenvalue weighted by Crippen LogP contribution is 2.24. The minimum atomic E-state index is -0.398. The average molecular weight is 420 g/mol. The van der Waals surface area contributed by atoms with Gasteiger partial charge < -0.3 is 20.5 Å². The lowest BCUT2D eigenvalue weighted by Crippen LogP contribution is -2.29. The number of rotatable bonds is 7. The first kappa shape index (κ1) is 24.0. The number of aryl methyl sites for hydroxylation is 1. The van der Waals surface area contributed by atoms with Crippen molar-refractivity contribution < 1.29 is 14.3 Å². The van der Waals surface area contributed by atoms with Crippen molar-refractivity contribution in [2.75, 3.05) is 38.1 Å². The Bertz CT molecular complexity index is 598. The number of nitrogens with zero attached hydrogens (tertiary/aromatic N) is 1. The van der Waals surface area contributed by atoms with E-state index >= 15 is 0 Å². The molecule has 0 aliphatic carbocycles. The molecule has 2 fully saturated rings. The van der Waals surface area contributed by atoms with E-state index in [0.717, 1.165) is 36.4 Å². The van der Waals surface area contributed by atoms with Gasteiger partial charge in [0.1, 0.15) is 18.5 Å². The van der Waals surface area contributed by atoms with Crippen molar-refractivity contribution >= 4 is 36.4 Å². The number of carbonyl (C=O) groups excluding carboxylic acids is 1. The third-order valence-corrected chi connectivity index (χ3v) is 4.97. The minimum Gasteiger partial charge on any atom is -0.492 e. The Labute approximate surface area is 174 Å². The molecular weight excluding hydrogens is 389 g/mol. The summed E-state index contributed by atoms with van der Waals surface area (Å²) >= 11 is 0. The van der Waals surface area contributed by atoms with Crippen LogP contribution < -0.4 is 15.8 Å². The molecule has 0 spiro atoms. The Hall–Kier alpha value is -1.05. The van der Waals surface area contributed by atoms with E-state index in [-0.39, 0.29) is 36.8 Å². The van der Waals surface area contributed by atoms with Gasteiger partial charge in [-0.3, -0.25) is 9.69 Å². The summed E-state index contributed by atoms with van der Waals surface area (Å²) in [7, 11) is 0. The highest BCUT2D eigenvalue weighted by molar-refractivity contribution is 5.94. The van der Waals surface area contributed by atoms with Gasteiger partial charge in [-0.1, -0.05) is 0 Å². The average Bonchev–Trinajstić information content (AvgIpc) is 3.28. The number of nitrogens with two attached hydrogens (primary N) is 1. The summed E-state index contributed by atoms with van der Waals surface area (Å²) in [5.41, 5.74) is 7.38. The molecule has 0 saturated carbocycles. The second kappa shape index (κ2) is 11.7. The van der Waals surface area contributed by atoms with Crippen LogP contribution in [0.2, 0.25) is 0 Å². The van der Waals surface area contributed by atoms with Crippen molar-refractivity contribution in [3.63, 3.8) is 0 Å². The number of anilines is 1. The van der Waals surface area contributed by atoms with Gasteiger partial charge in [0.15, 0.2) is 0 Å². The number of hydrogen-bond acceptors (Lipinski definition) is 5. The number of ether oxygens (including phenoxy) is 2. The fourth-order valence-electron chi connectivity index (χ4n) is 3.47. The molecule has 2 aliphatic rings. The zero-order valence-corrected chi connectivity index (χ0v) is 17.4. The number of halogens is 2. The van der Waals surface area contributed by atoms with Crippen LogP contribution in [-0.4, -0.2) is 55.8 Å². The predicted octanol–water partition coefficient (Wildman–Crippen LogP) is 2.76. The molecule has 2 aliphatic heterocycles. The maximum atomic E-state index is 12.3. The third kappa shape index (κ3) is 6.80. The van der Waals surface area contributed by atoms with E-state index in [1.807, 2.05) is 25.1 Å². The summed E-state index contributed by atoms with van der Waals surface area (Å²) in [4.78, 5) is 14.7. The number of likely N-dealkylation sites (tertiary alicyclic amines) is 1. The van der Waals surface area contributed by atoms with Crippen LogP contribution >= 0.6 is 24.8 Å². The number of benzene rings is 1. The van der Waals surface area contributed by atoms with Crippen LogP contribution in [0.1, 0.15) is 31.2 Å². The molecule has 154 valence electrons. The molecule has 6 nitrogen and oxygen atoms in total. The molecule has 0 aromatic heterocycles. The quantitative estimate of drug-likeness (QED) is 0.710. The molecule has 3 rings (SSSR count). The van der Waals surface area contributed by atoms with E-state index in [4.69, 9.17) is 15.2 Å². The second-order valence-electron chi connectivity index (χ2n) is 6.93. The van der Waals surface area contributed by atoms with Crippen LogP contribution in [-0.2, 0) is 9.53 Å². The molecule has 1 aromatic carbocycles. The molecule has 1 aromatic rings. The van der Waals surface area contributed by atoms with Crippen molar-refractivity contribution in [3.05, 3.63) is 23.8 Å². The van der Waals surface area contributed by atoms with Gasteiger partial charge in [0, 0.05) is 18.8 Å². The molecule has 2 saturated heterocycles.